The van der Waals surface area contributed by atoms with Gasteiger partial charge in [0.05, 0.1) is 59.5 Å². The maximum atomic E-state index is 7.54. The van der Waals surface area contributed by atoms with Gasteiger partial charge in [-0.1, -0.05) is 60.7 Å². The van der Waals surface area contributed by atoms with Gasteiger partial charge in [0.25, 0.3) is 0 Å². The highest BCUT2D eigenvalue weighted by Gasteiger charge is 2.17. The summed E-state index contributed by atoms with van der Waals surface area (Å²) in [6.45, 7) is 7.54. The molecule has 11 aromatic rings. The van der Waals surface area contributed by atoms with Crippen molar-refractivity contribution in [2.75, 3.05) is 7.11 Å². The third-order valence-corrected chi connectivity index (χ3v) is 10.9. The van der Waals surface area contributed by atoms with Crippen molar-refractivity contribution >= 4 is 49.3 Å². The molecule has 0 atom stereocenters. The molecule has 0 saturated heterocycles. The Hall–Kier alpha value is -8.81. The van der Waals surface area contributed by atoms with Crippen LogP contribution in [0.3, 0.4) is 0 Å². The van der Waals surface area contributed by atoms with Crippen LogP contribution < -0.4 is 14.2 Å². The number of pyridine rings is 2. The van der Waals surface area contributed by atoms with Gasteiger partial charge in [0, 0.05) is 63.3 Å². The van der Waals surface area contributed by atoms with Crippen LogP contribution in [0.15, 0.2) is 183 Å². The number of nitrogens with zero attached hydrogens (tertiary/aromatic N) is 7. The molecule has 0 bridgehead atoms. The molecule has 0 saturated carbocycles. The molecular formula is C52H33N7O3. The predicted molar refractivity (Wildman–Crippen MR) is 243 cm³/mol. The molecule has 294 valence electrons. The van der Waals surface area contributed by atoms with Crippen molar-refractivity contribution < 1.29 is 14.2 Å². The molecule has 0 amide bonds. The zero-order valence-electron chi connectivity index (χ0n) is 33.2. The Morgan fingerprint density at radius 1 is 0.435 bits per heavy atom. The summed E-state index contributed by atoms with van der Waals surface area (Å²) < 4.78 is 22.7. The van der Waals surface area contributed by atoms with Crippen LogP contribution in [0.2, 0.25) is 0 Å². The fourth-order valence-corrected chi connectivity index (χ4v) is 8.11. The van der Waals surface area contributed by atoms with Gasteiger partial charge in [-0.25, -0.2) is 14.8 Å². The summed E-state index contributed by atoms with van der Waals surface area (Å²) in [5.41, 5.74) is 7.63. The Morgan fingerprint density at radius 3 is 1.47 bits per heavy atom. The first-order chi connectivity index (χ1) is 30.6. The van der Waals surface area contributed by atoms with Crippen molar-refractivity contribution in [3.63, 3.8) is 0 Å². The smallest absolute Gasteiger partial charge is 0.192 e. The van der Waals surface area contributed by atoms with E-state index in [9.17, 15) is 0 Å². The van der Waals surface area contributed by atoms with Crippen LogP contribution in [0.1, 0.15) is 0 Å². The zero-order valence-corrected chi connectivity index (χ0v) is 33.2. The van der Waals surface area contributed by atoms with E-state index >= 15 is 0 Å². The Bertz CT molecular complexity index is 3550. The fourth-order valence-electron chi connectivity index (χ4n) is 8.11. The third kappa shape index (κ3) is 6.47. The molecule has 0 aliphatic heterocycles. The topological polar surface area (TPSA) is 93.5 Å². The van der Waals surface area contributed by atoms with Crippen LogP contribution >= 0.6 is 0 Å². The molecule has 5 heterocycles. The number of hydrogen-bond donors (Lipinski definition) is 0. The summed E-state index contributed by atoms with van der Waals surface area (Å²) in [6, 6.07) is 51.6. The molecule has 11 rings (SSSR count). The first-order valence-corrected chi connectivity index (χ1v) is 19.9. The van der Waals surface area contributed by atoms with Crippen molar-refractivity contribution in [1.29, 1.82) is 0 Å². The van der Waals surface area contributed by atoms with Gasteiger partial charge in [0.1, 0.15) is 40.4 Å². The zero-order chi connectivity index (χ0) is 41.6. The number of methoxy groups -OCH3 is 1. The van der Waals surface area contributed by atoms with Crippen molar-refractivity contribution in [2.45, 2.75) is 0 Å². The van der Waals surface area contributed by atoms with Gasteiger partial charge in [0.15, 0.2) is 5.69 Å². The normalized spacial score (nSPS) is 11.3. The SMILES string of the molecule is [C-]#[N+]c1ccnc(-n2c3ccccc3c3ccc(Oc4cccc(-c5cnc(-c6cccc(Oc7ccc8c9ccccc9n(-c9cc(OC)ccn9)c8c7)c6)cn5)c4)cc32)c1. The maximum Gasteiger partial charge on any atom is 0.192 e. The van der Waals surface area contributed by atoms with E-state index in [0.717, 1.165) is 66.3 Å². The predicted octanol–water partition coefficient (Wildman–Crippen LogP) is 12.9. The molecule has 62 heavy (non-hydrogen) atoms. The van der Waals surface area contributed by atoms with Gasteiger partial charge in [-0.3, -0.25) is 19.1 Å². The van der Waals surface area contributed by atoms with E-state index in [2.05, 4.69) is 60.3 Å². The van der Waals surface area contributed by atoms with E-state index in [4.69, 9.17) is 30.8 Å². The molecule has 6 aromatic carbocycles. The van der Waals surface area contributed by atoms with Crippen LogP contribution in [0.4, 0.5) is 5.69 Å². The number of ether oxygens (including phenoxy) is 3. The number of fused-ring (bicyclic) bond motifs is 6. The second kappa shape index (κ2) is 15.1. The van der Waals surface area contributed by atoms with E-state index in [1.165, 1.54) is 0 Å². The summed E-state index contributed by atoms with van der Waals surface area (Å²) in [7, 11) is 1.66. The molecule has 0 aliphatic rings. The lowest BCUT2D eigenvalue weighted by Crippen LogP contribution is -1.98. The Morgan fingerprint density at radius 2 is 0.935 bits per heavy atom. The van der Waals surface area contributed by atoms with Gasteiger partial charge >= 0.3 is 0 Å². The molecule has 0 N–H and O–H groups in total. The first kappa shape index (κ1) is 36.3. The summed E-state index contributed by atoms with van der Waals surface area (Å²) in [4.78, 5) is 22.5. The summed E-state index contributed by atoms with van der Waals surface area (Å²) in [6.07, 6.45) is 6.97. The Labute approximate surface area is 355 Å². The van der Waals surface area contributed by atoms with Gasteiger partial charge < -0.3 is 14.2 Å². The lowest BCUT2D eigenvalue weighted by Gasteiger charge is -2.11. The van der Waals surface area contributed by atoms with E-state index in [1.807, 2.05) is 109 Å². The summed E-state index contributed by atoms with van der Waals surface area (Å²) in [5.74, 6) is 4.85. The van der Waals surface area contributed by atoms with Crippen LogP contribution in [-0.2, 0) is 0 Å². The minimum atomic E-state index is 0.526. The third-order valence-electron chi connectivity index (χ3n) is 10.9. The molecule has 0 fully saturated rings. The van der Waals surface area contributed by atoms with Crippen LogP contribution in [0.5, 0.6) is 28.7 Å². The highest BCUT2D eigenvalue weighted by Crippen LogP contribution is 2.38. The van der Waals surface area contributed by atoms with Crippen molar-refractivity contribution in [1.82, 2.24) is 29.1 Å². The quantitative estimate of drug-likeness (QED) is 0.134. The minimum absolute atomic E-state index is 0.526. The minimum Gasteiger partial charge on any atom is -0.497 e. The number of aromatic nitrogens is 6. The molecule has 0 radical (unpaired) electrons. The second-order valence-electron chi connectivity index (χ2n) is 14.6. The van der Waals surface area contributed by atoms with E-state index in [-0.39, 0.29) is 0 Å². The highest BCUT2D eigenvalue weighted by atomic mass is 16.5. The molecule has 0 spiro atoms. The summed E-state index contributed by atoms with van der Waals surface area (Å²) >= 11 is 0. The Kier molecular flexibility index (Phi) is 8.83. The fraction of sp³-hybridized carbons (Fsp3) is 0.0192. The molecular weight excluding hydrogens is 771 g/mol. The molecule has 0 aliphatic carbocycles. The molecule has 10 nitrogen and oxygen atoms in total. The van der Waals surface area contributed by atoms with E-state index in [0.29, 0.717) is 45.9 Å². The van der Waals surface area contributed by atoms with E-state index < -0.39 is 0 Å². The van der Waals surface area contributed by atoms with Crippen molar-refractivity contribution in [2.24, 2.45) is 0 Å². The van der Waals surface area contributed by atoms with Gasteiger partial charge in [-0.05, 0) is 78.9 Å². The lowest BCUT2D eigenvalue weighted by molar-refractivity contribution is 0.414. The number of hydrogen-bond acceptors (Lipinski definition) is 7. The lowest BCUT2D eigenvalue weighted by atomic mass is 10.1. The first-order valence-electron chi connectivity index (χ1n) is 19.9. The average Bonchev–Trinajstić information content (AvgIpc) is 3.84. The van der Waals surface area contributed by atoms with Crippen LogP contribution in [-0.4, -0.2) is 36.2 Å². The van der Waals surface area contributed by atoms with E-state index in [1.54, 1.807) is 44.0 Å². The molecule has 0 unspecified atom stereocenters. The highest BCUT2D eigenvalue weighted by molar-refractivity contribution is 6.10. The van der Waals surface area contributed by atoms with Gasteiger partial charge in [-0.15, -0.1) is 0 Å². The Balaban J connectivity index is 0.850. The van der Waals surface area contributed by atoms with Crippen LogP contribution in [0, 0.1) is 6.57 Å². The number of rotatable bonds is 9. The maximum absolute atomic E-state index is 7.54. The molecule has 5 aromatic heterocycles. The van der Waals surface area contributed by atoms with Crippen molar-refractivity contribution in [3.05, 3.63) is 194 Å². The van der Waals surface area contributed by atoms with Crippen molar-refractivity contribution in [3.8, 4) is 62.9 Å². The number of para-hydroxylation sites is 2. The van der Waals surface area contributed by atoms with Gasteiger partial charge in [0.2, 0.25) is 0 Å². The monoisotopic (exact) mass is 803 g/mol. The number of benzene rings is 6. The average molecular weight is 804 g/mol. The summed E-state index contributed by atoms with van der Waals surface area (Å²) in [5, 5.41) is 4.37. The largest absolute Gasteiger partial charge is 0.497 e. The standard InChI is InChI=1S/C52H33N7O3/c1-53-35-21-23-54-51(27-35)58-47-15-5-3-13-41(47)43-19-17-39(28-49(43)58)61-37-11-7-9-33(25-37)45-31-57-46(32-56-45)34-10-8-12-38(26-34)62-40-18-20-44-42-14-4-6-16-48(42)59(50(44)29-40)52-30-36(60-2)22-24-55-52/h3-32H,2H3. The second-order valence-corrected chi connectivity index (χ2v) is 14.6. The van der Waals surface area contributed by atoms with Gasteiger partial charge in [-0.2, -0.15) is 0 Å². The van der Waals surface area contributed by atoms with Crippen LogP contribution in [0.25, 0.3) is 82.6 Å². The molecule has 10 heteroatoms.